The second-order valence-corrected chi connectivity index (χ2v) is 5.93. The van der Waals surface area contributed by atoms with Crippen LogP contribution in [0.15, 0.2) is 5.16 Å². The molecular weight excluding hydrogens is 214 g/mol. The number of oxime groups is 1. The van der Waals surface area contributed by atoms with Gasteiger partial charge in [0.05, 0.1) is 0 Å². The van der Waals surface area contributed by atoms with Crippen molar-refractivity contribution in [3.05, 3.63) is 0 Å². The Labute approximate surface area is 104 Å². The van der Waals surface area contributed by atoms with Crippen LogP contribution in [0.1, 0.15) is 45.4 Å². The first-order chi connectivity index (χ1) is 8.15. The Bertz CT molecular complexity index is 274. The third kappa shape index (κ3) is 2.92. The molecule has 2 aliphatic rings. The van der Waals surface area contributed by atoms with Gasteiger partial charge in [-0.3, -0.25) is 0 Å². The number of nitrogens with zero attached hydrogens (tertiary/aromatic N) is 2. The third-order valence-corrected chi connectivity index (χ3v) is 4.73. The molecule has 4 nitrogen and oxygen atoms in total. The van der Waals surface area contributed by atoms with Gasteiger partial charge in [0, 0.05) is 12.5 Å². The van der Waals surface area contributed by atoms with Crippen molar-refractivity contribution in [1.82, 2.24) is 4.90 Å². The number of nitrogens with two attached hydrogens (primary N) is 1. The molecule has 3 N–H and O–H groups in total. The van der Waals surface area contributed by atoms with Crippen molar-refractivity contribution in [1.29, 1.82) is 0 Å². The van der Waals surface area contributed by atoms with Gasteiger partial charge in [-0.1, -0.05) is 24.9 Å². The van der Waals surface area contributed by atoms with Crippen molar-refractivity contribution in [2.24, 2.45) is 22.2 Å². The minimum atomic E-state index is 0.151. The molecule has 0 aromatic carbocycles. The van der Waals surface area contributed by atoms with Crippen LogP contribution >= 0.6 is 0 Å². The van der Waals surface area contributed by atoms with Gasteiger partial charge in [0.2, 0.25) is 0 Å². The summed E-state index contributed by atoms with van der Waals surface area (Å²) in [6, 6.07) is 0. The second-order valence-electron chi connectivity index (χ2n) is 5.93. The smallest absolute Gasteiger partial charge is 0.143 e. The molecule has 17 heavy (non-hydrogen) atoms. The Kier molecular flexibility index (Phi) is 3.92. The predicted octanol–water partition coefficient (Wildman–Crippen LogP) is 2.03. The lowest BCUT2D eigenvalue weighted by atomic mass is 9.77. The standard InChI is InChI=1S/C13H25N3O/c1-11(12(14)15-17)10-16-8-6-13(7-9-16)4-2-3-5-13/h11,17H,2-10H2,1H3,(H2,14,15). The van der Waals surface area contributed by atoms with E-state index in [4.69, 9.17) is 10.9 Å². The van der Waals surface area contributed by atoms with Crippen LogP contribution in [-0.4, -0.2) is 35.6 Å². The highest BCUT2D eigenvalue weighted by Crippen LogP contribution is 2.46. The first-order valence-electron chi connectivity index (χ1n) is 6.85. The maximum Gasteiger partial charge on any atom is 0.143 e. The van der Waals surface area contributed by atoms with E-state index in [0.717, 1.165) is 6.54 Å². The summed E-state index contributed by atoms with van der Waals surface area (Å²) in [6.45, 7) is 5.31. The van der Waals surface area contributed by atoms with E-state index in [1.165, 1.54) is 51.6 Å². The van der Waals surface area contributed by atoms with E-state index in [2.05, 4.69) is 10.1 Å². The zero-order chi connectivity index (χ0) is 12.3. The summed E-state index contributed by atoms with van der Waals surface area (Å²) >= 11 is 0. The molecule has 1 spiro atoms. The van der Waals surface area contributed by atoms with Crippen molar-refractivity contribution < 1.29 is 5.21 Å². The number of amidine groups is 1. The molecular formula is C13H25N3O. The number of hydrogen-bond acceptors (Lipinski definition) is 3. The molecule has 1 atom stereocenters. The zero-order valence-electron chi connectivity index (χ0n) is 10.9. The van der Waals surface area contributed by atoms with Crippen molar-refractivity contribution in [2.45, 2.75) is 45.4 Å². The molecule has 0 amide bonds. The molecule has 1 unspecified atom stereocenters. The van der Waals surface area contributed by atoms with Gasteiger partial charge in [-0.15, -0.1) is 0 Å². The van der Waals surface area contributed by atoms with Crippen LogP contribution in [-0.2, 0) is 0 Å². The summed E-state index contributed by atoms with van der Waals surface area (Å²) in [7, 11) is 0. The Hall–Kier alpha value is -0.770. The third-order valence-electron chi connectivity index (χ3n) is 4.73. The fourth-order valence-corrected chi connectivity index (χ4v) is 3.41. The minimum absolute atomic E-state index is 0.151. The van der Waals surface area contributed by atoms with Crippen molar-refractivity contribution >= 4 is 5.84 Å². The van der Waals surface area contributed by atoms with Gasteiger partial charge in [-0.2, -0.15) is 0 Å². The average Bonchev–Trinajstić information content (AvgIpc) is 2.80. The maximum absolute atomic E-state index is 8.65. The fourth-order valence-electron chi connectivity index (χ4n) is 3.41. The number of piperidine rings is 1. The van der Waals surface area contributed by atoms with E-state index in [9.17, 15) is 0 Å². The van der Waals surface area contributed by atoms with Crippen LogP contribution in [0.3, 0.4) is 0 Å². The average molecular weight is 239 g/mol. The molecule has 0 bridgehead atoms. The topological polar surface area (TPSA) is 61.8 Å². The van der Waals surface area contributed by atoms with Crippen molar-refractivity contribution in [3.63, 3.8) is 0 Å². The molecule has 2 rings (SSSR count). The summed E-state index contributed by atoms with van der Waals surface area (Å²) in [5, 5.41) is 11.7. The molecule has 1 aliphatic carbocycles. The van der Waals surface area contributed by atoms with Gasteiger partial charge in [-0.25, -0.2) is 0 Å². The van der Waals surface area contributed by atoms with Crippen LogP contribution in [0.2, 0.25) is 0 Å². The summed E-state index contributed by atoms with van der Waals surface area (Å²) < 4.78 is 0. The van der Waals surface area contributed by atoms with Gasteiger partial charge in [0.25, 0.3) is 0 Å². The first kappa shape index (κ1) is 12.7. The monoisotopic (exact) mass is 239 g/mol. The molecule has 1 aliphatic heterocycles. The molecule has 0 aromatic rings. The second kappa shape index (κ2) is 5.25. The number of likely N-dealkylation sites (tertiary alicyclic amines) is 1. The quantitative estimate of drug-likeness (QED) is 0.343. The van der Waals surface area contributed by atoms with E-state index in [1.807, 2.05) is 6.92 Å². The fraction of sp³-hybridized carbons (Fsp3) is 0.923. The molecule has 4 heteroatoms. The lowest BCUT2D eigenvalue weighted by molar-refractivity contribution is 0.103. The Morgan fingerprint density at radius 3 is 2.41 bits per heavy atom. The predicted molar refractivity (Wildman–Crippen MR) is 69.1 cm³/mol. The summed E-state index contributed by atoms with van der Waals surface area (Å²) in [5.74, 6) is 0.504. The maximum atomic E-state index is 8.65. The van der Waals surface area contributed by atoms with Crippen molar-refractivity contribution in [3.8, 4) is 0 Å². The molecule has 1 heterocycles. The zero-order valence-corrected chi connectivity index (χ0v) is 10.9. The van der Waals surface area contributed by atoms with Gasteiger partial charge in [-0.05, 0) is 44.2 Å². The molecule has 0 radical (unpaired) electrons. The highest BCUT2D eigenvalue weighted by Gasteiger charge is 2.36. The number of rotatable bonds is 3. The molecule has 98 valence electrons. The molecule has 1 saturated heterocycles. The van der Waals surface area contributed by atoms with Gasteiger partial charge in [0.1, 0.15) is 5.84 Å². The van der Waals surface area contributed by atoms with E-state index >= 15 is 0 Å². The normalized spacial score (nSPS) is 27.5. The highest BCUT2D eigenvalue weighted by atomic mass is 16.4. The van der Waals surface area contributed by atoms with Gasteiger partial charge in [0.15, 0.2) is 0 Å². The Morgan fingerprint density at radius 1 is 1.29 bits per heavy atom. The van der Waals surface area contributed by atoms with Crippen LogP contribution < -0.4 is 5.73 Å². The van der Waals surface area contributed by atoms with Crippen LogP contribution in [0.4, 0.5) is 0 Å². The lowest BCUT2D eigenvalue weighted by Gasteiger charge is -2.40. The van der Waals surface area contributed by atoms with E-state index < -0.39 is 0 Å². The SMILES string of the molecule is CC(CN1CCC2(CCCC2)CC1)C(N)=NO. The first-order valence-corrected chi connectivity index (χ1v) is 6.85. The van der Waals surface area contributed by atoms with E-state index in [1.54, 1.807) is 0 Å². The summed E-state index contributed by atoms with van der Waals surface area (Å²) in [6.07, 6.45) is 8.43. The lowest BCUT2D eigenvalue weighted by Crippen LogP contribution is -2.42. The highest BCUT2D eigenvalue weighted by molar-refractivity contribution is 5.82. The van der Waals surface area contributed by atoms with E-state index in [-0.39, 0.29) is 5.92 Å². The molecule has 1 saturated carbocycles. The van der Waals surface area contributed by atoms with Crippen molar-refractivity contribution in [2.75, 3.05) is 19.6 Å². The van der Waals surface area contributed by atoms with Gasteiger partial charge >= 0.3 is 0 Å². The van der Waals surface area contributed by atoms with Gasteiger partial charge < -0.3 is 15.8 Å². The van der Waals surface area contributed by atoms with Crippen LogP contribution in [0.25, 0.3) is 0 Å². The largest absolute Gasteiger partial charge is 0.409 e. The summed E-state index contributed by atoms with van der Waals surface area (Å²) in [5.41, 5.74) is 6.30. The minimum Gasteiger partial charge on any atom is -0.409 e. The van der Waals surface area contributed by atoms with Crippen LogP contribution in [0, 0.1) is 11.3 Å². The van der Waals surface area contributed by atoms with E-state index in [0.29, 0.717) is 11.3 Å². The summed E-state index contributed by atoms with van der Waals surface area (Å²) in [4.78, 5) is 2.46. The Morgan fingerprint density at radius 2 is 1.88 bits per heavy atom. The van der Waals surface area contributed by atoms with Crippen LogP contribution in [0.5, 0.6) is 0 Å². The molecule has 2 fully saturated rings. The Balaban J connectivity index is 1.79. The number of hydrogen-bond donors (Lipinski definition) is 2. The molecule has 0 aromatic heterocycles.